The summed E-state index contributed by atoms with van der Waals surface area (Å²) in [7, 11) is 0. The van der Waals surface area contributed by atoms with Crippen LogP contribution in [0, 0.1) is 0 Å². The molecule has 0 saturated carbocycles. The molecular formula is C18H31N7O. The first-order valence-corrected chi connectivity index (χ1v) is 9.65. The lowest BCUT2D eigenvalue weighted by atomic mass is 10.2. The lowest BCUT2D eigenvalue weighted by Crippen LogP contribution is -2.53. The summed E-state index contributed by atoms with van der Waals surface area (Å²) in [5.74, 6) is 1.83. The van der Waals surface area contributed by atoms with Crippen molar-refractivity contribution < 1.29 is 4.74 Å². The van der Waals surface area contributed by atoms with Crippen molar-refractivity contribution in [1.82, 2.24) is 25.1 Å². The SMILES string of the molecule is CCNC(=NCCN1CCOCC1C)N1CCN(c2ncccn2)CC1. The molecule has 2 aliphatic rings. The summed E-state index contributed by atoms with van der Waals surface area (Å²) in [6.45, 7) is 13.4. The summed E-state index contributed by atoms with van der Waals surface area (Å²) in [4.78, 5) is 20.6. The van der Waals surface area contributed by atoms with Gasteiger partial charge in [0.1, 0.15) is 0 Å². The molecule has 3 heterocycles. The highest BCUT2D eigenvalue weighted by atomic mass is 16.5. The van der Waals surface area contributed by atoms with E-state index in [1.54, 1.807) is 12.4 Å². The van der Waals surface area contributed by atoms with Crippen molar-refractivity contribution in [3.63, 3.8) is 0 Å². The van der Waals surface area contributed by atoms with Crippen LogP contribution in [0.1, 0.15) is 13.8 Å². The summed E-state index contributed by atoms with van der Waals surface area (Å²) >= 11 is 0. The van der Waals surface area contributed by atoms with E-state index in [4.69, 9.17) is 9.73 Å². The van der Waals surface area contributed by atoms with Gasteiger partial charge in [-0.3, -0.25) is 9.89 Å². The Balaban J connectivity index is 1.51. The van der Waals surface area contributed by atoms with E-state index in [0.717, 1.165) is 77.5 Å². The Kier molecular flexibility index (Phi) is 7.02. The summed E-state index contributed by atoms with van der Waals surface area (Å²) < 4.78 is 5.51. The molecule has 2 saturated heterocycles. The first kappa shape index (κ1) is 18.8. The quantitative estimate of drug-likeness (QED) is 0.597. The topological polar surface area (TPSA) is 69.1 Å². The van der Waals surface area contributed by atoms with E-state index in [1.165, 1.54) is 0 Å². The molecule has 8 heteroatoms. The van der Waals surface area contributed by atoms with Crippen molar-refractivity contribution in [3.05, 3.63) is 18.5 Å². The zero-order valence-electron chi connectivity index (χ0n) is 16.0. The maximum Gasteiger partial charge on any atom is 0.225 e. The Morgan fingerprint density at radius 2 is 2.00 bits per heavy atom. The van der Waals surface area contributed by atoms with Gasteiger partial charge in [-0.15, -0.1) is 0 Å². The summed E-state index contributed by atoms with van der Waals surface area (Å²) in [5, 5.41) is 3.44. The van der Waals surface area contributed by atoms with Crippen molar-refractivity contribution in [1.29, 1.82) is 0 Å². The Bertz CT molecular complexity index is 560. The number of nitrogens with one attached hydrogen (secondary N) is 1. The molecule has 1 aromatic heterocycles. The molecule has 1 N–H and O–H groups in total. The van der Waals surface area contributed by atoms with Crippen LogP contribution in [-0.2, 0) is 4.74 Å². The minimum atomic E-state index is 0.482. The largest absolute Gasteiger partial charge is 0.379 e. The standard InChI is InChI=1S/C18H31N7O/c1-3-19-17(22-7-8-23-13-14-26-15-16(23)2)24-9-11-25(12-10-24)18-20-5-4-6-21-18/h4-6,16H,3,7-15H2,1-2H3,(H,19,22). The smallest absolute Gasteiger partial charge is 0.225 e. The highest BCUT2D eigenvalue weighted by molar-refractivity contribution is 5.80. The van der Waals surface area contributed by atoms with E-state index in [0.29, 0.717) is 6.04 Å². The van der Waals surface area contributed by atoms with Gasteiger partial charge >= 0.3 is 0 Å². The van der Waals surface area contributed by atoms with Gasteiger partial charge in [-0.05, 0) is 19.9 Å². The van der Waals surface area contributed by atoms with Crippen LogP contribution in [0.3, 0.4) is 0 Å². The van der Waals surface area contributed by atoms with Gasteiger partial charge in [0.05, 0.1) is 19.8 Å². The Morgan fingerprint density at radius 3 is 2.69 bits per heavy atom. The summed E-state index contributed by atoms with van der Waals surface area (Å²) in [5.41, 5.74) is 0. The van der Waals surface area contributed by atoms with Gasteiger partial charge < -0.3 is 19.9 Å². The number of aromatic nitrogens is 2. The number of guanidine groups is 1. The van der Waals surface area contributed by atoms with E-state index in [2.05, 4.69) is 43.8 Å². The van der Waals surface area contributed by atoms with Crippen LogP contribution in [0.4, 0.5) is 5.95 Å². The first-order valence-electron chi connectivity index (χ1n) is 9.65. The van der Waals surface area contributed by atoms with Crippen LogP contribution in [0.5, 0.6) is 0 Å². The number of anilines is 1. The molecule has 0 amide bonds. The zero-order chi connectivity index (χ0) is 18.2. The molecule has 1 atom stereocenters. The minimum Gasteiger partial charge on any atom is -0.379 e. The van der Waals surface area contributed by atoms with Gasteiger partial charge in [0.25, 0.3) is 0 Å². The third kappa shape index (κ3) is 5.04. The van der Waals surface area contributed by atoms with Gasteiger partial charge in [0.15, 0.2) is 5.96 Å². The Morgan fingerprint density at radius 1 is 1.23 bits per heavy atom. The second-order valence-electron chi connectivity index (χ2n) is 6.72. The van der Waals surface area contributed by atoms with Crippen LogP contribution in [0.25, 0.3) is 0 Å². The number of ether oxygens (including phenoxy) is 1. The third-order valence-electron chi connectivity index (χ3n) is 4.90. The molecule has 3 rings (SSSR count). The van der Waals surface area contributed by atoms with Crippen molar-refractivity contribution >= 4 is 11.9 Å². The normalized spacial score (nSPS) is 22.5. The van der Waals surface area contributed by atoms with Crippen molar-refractivity contribution in [3.8, 4) is 0 Å². The van der Waals surface area contributed by atoms with Gasteiger partial charge in [-0.2, -0.15) is 0 Å². The molecule has 0 aliphatic carbocycles. The molecule has 144 valence electrons. The summed E-state index contributed by atoms with van der Waals surface area (Å²) in [6.07, 6.45) is 3.60. The number of hydrogen-bond donors (Lipinski definition) is 1. The number of morpholine rings is 1. The molecule has 0 spiro atoms. The molecule has 0 aromatic carbocycles. The molecule has 2 fully saturated rings. The third-order valence-corrected chi connectivity index (χ3v) is 4.90. The minimum absolute atomic E-state index is 0.482. The predicted octanol–water partition coefficient (Wildman–Crippen LogP) is 0.285. The van der Waals surface area contributed by atoms with Gasteiger partial charge in [0.2, 0.25) is 5.95 Å². The average Bonchev–Trinajstić information content (AvgIpc) is 2.69. The van der Waals surface area contributed by atoms with Gasteiger partial charge in [0, 0.05) is 64.2 Å². The maximum absolute atomic E-state index is 5.51. The van der Waals surface area contributed by atoms with Crippen LogP contribution in [-0.4, -0.2) is 97.3 Å². The lowest BCUT2D eigenvalue weighted by molar-refractivity contribution is 0.00139. The zero-order valence-corrected chi connectivity index (χ0v) is 16.0. The van der Waals surface area contributed by atoms with Gasteiger partial charge in [-0.25, -0.2) is 9.97 Å². The van der Waals surface area contributed by atoms with Crippen molar-refractivity contribution in [2.75, 3.05) is 70.5 Å². The van der Waals surface area contributed by atoms with Crippen LogP contribution >= 0.6 is 0 Å². The molecular weight excluding hydrogens is 330 g/mol. The highest BCUT2D eigenvalue weighted by Gasteiger charge is 2.22. The van der Waals surface area contributed by atoms with Crippen LogP contribution in [0.15, 0.2) is 23.5 Å². The molecule has 2 aliphatic heterocycles. The molecule has 1 aromatic rings. The molecule has 1 unspecified atom stereocenters. The van der Waals surface area contributed by atoms with Crippen molar-refractivity contribution in [2.24, 2.45) is 4.99 Å². The maximum atomic E-state index is 5.51. The number of nitrogens with zero attached hydrogens (tertiary/aromatic N) is 6. The van der Waals surface area contributed by atoms with Gasteiger partial charge in [-0.1, -0.05) is 0 Å². The van der Waals surface area contributed by atoms with E-state index in [1.807, 2.05) is 6.07 Å². The summed E-state index contributed by atoms with van der Waals surface area (Å²) in [6, 6.07) is 2.33. The fourth-order valence-electron chi connectivity index (χ4n) is 3.38. The van der Waals surface area contributed by atoms with E-state index in [-0.39, 0.29) is 0 Å². The molecule has 26 heavy (non-hydrogen) atoms. The number of hydrogen-bond acceptors (Lipinski definition) is 6. The van der Waals surface area contributed by atoms with E-state index in [9.17, 15) is 0 Å². The number of piperazine rings is 1. The van der Waals surface area contributed by atoms with Crippen molar-refractivity contribution in [2.45, 2.75) is 19.9 Å². The Hall–Kier alpha value is -1.93. The second-order valence-corrected chi connectivity index (χ2v) is 6.72. The molecule has 8 nitrogen and oxygen atoms in total. The van der Waals surface area contributed by atoms with Crippen LogP contribution in [0.2, 0.25) is 0 Å². The highest BCUT2D eigenvalue weighted by Crippen LogP contribution is 2.10. The van der Waals surface area contributed by atoms with E-state index < -0.39 is 0 Å². The fourth-order valence-corrected chi connectivity index (χ4v) is 3.38. The lowest BCUT2D eigenvalue weighted by Gasteiger charge is -2.36. The average molecular weight is 361 g/mol. The molecule has 0 radical (unpaired) electrons. The fraction of sp³-hybridized carbons (Fsp3) is 0.722. The number of aliphatic imine (C=N–C) groups is 1. The first-order chi connectivity index (χ1) is 12.8. The number of rotatable bonds is 5. The molecule has 0 bridgehead atoms. The second kappa shape index (κ2) is 9.68. The van der Waals surface area contributed by atoms with E-state index >= 15 is 0 Å². The van der Waals surface area contributed by atoms with Crippen LogP contribution < -0.4 is 10.2 Å². The monoisotopic (exact) mass is 361 g/mol. The Labute approximate surface area is 156 Å². The predicted molar refractivity (Wildman–Crippen MR) is 104 cm³/mol.